The number of anilines is 2. The summed E-state index contributed by atoms with van der Waals surface area (Å²) in [7, 11) is 0. The Balaban J connectivity index is 1.68. The van der Waals surface area contributed by atoms with E-state index in [1.54, 1.807) is 24.3 Å². The summed E-state index contributed by atoms with van der Waals surface area (Å²) in [5, 5.41) is 2.94. The zero-order valence-corrected chi connectivity index (χ0v) is 17.2. The van der Waals surface area contributed by atoms with E-state index >= 15 is 0 Å². The van der Waals surface area contributed by atoms with Crippen molar-refractivity contribution in [1.82, 2.24) is 9.97 Å². The van der Waals surface area contributed by atoms with Gasteiger partial charge in [-0.25, -0.2) is 4.98 Å². The van der Waals surface area contributed by atoms with E-state index < -0.39 is 17.6 Å². The van der Waals surface area contributed by atoms with E-state index in [0.717, 1.165) is 63.3 Å². The second-order valence-electron chi connectivity index (χ2n) is 7.49. The Hall–Kier alpha value is -2.51. The van der Waals surface area contributed by atoms with Gasteiger partial charge < -0.3 is 14.8 Å². The molecule has 1 aromatic heterocycles. The van der Waals surface area contributed by atoms with Crippen molar-refractivity contribution in [2.45, 2.75) is 70.6 Å². The zero-order valence-electron chi connectivity index (χ0n) is 17.2. The Labute approximate surface area is 175 Å². The molecule has 1 aliphatic rings. The number of ether oxygens (including phenoxy) is 2. The molecule has 0 aliphatic heterocycles. The Morgan fingerprint density at radius 2 is 1.80 bits per heavy atom. The molecule has 1 N–H and O–H groups in total. The molecule has 0 spiro atoms. The summed E-state index contributed by atoms with van der Waals surface area (Å²) in [6.45, 7) is 2.79. The fourth-order valence-electron chi connectivity index (χ4n) is 3.36. The average molecular weight is 423 g/mol. The Morgan fingerprint density at radius 3 is 2.47 bits per heavy atom. The van der Waals surface area contributed by atoms with E-state index in [4.69, 9.17) is 9.47 Å². The first-order valence-electron chi connectivity index (χ1n) is 10.6. The van der Waals surface area contributed by atoms with Crippen LogP contribution in [0.25, 0.3) is 0 Å². The number of halogens is 3. The van der Waals surface area contributed by atoms with Crippen molar-refractivity contribution in [3.8, 4) is 11.6 Å². The maximum absolute atomic E-state index is 13.4. The van der Waals surface area contributed by atoms with Gasteiger partial charge in [-0.2, -0.15) is 18.2 Å². The highest BCUT2D eigenvalue weighted by Gasteiger charge is 2.37. The maximum Gasteiger partial charge on any atom is 0.423 e. The van der Waals surface area contributed by atoms with Crippen molar-refractivity contribution >= 4 is 11.6 Å². The second-order valence-corrected chi connectivity index (χ2v) is 7.49. The lowest BCUT2D eigenvalue weighted by molar-refractivity contribution is -0.140. The van der Waals surface area contributed by atoms with E-state index in [-0.39, 0.29) is 12.1 Å². The van der Waals surface area contributed by atoms with Gasteiger partial charge in [-0.1, -0.05) is 26.2 Å². The van der Waals surface area contributed by atoms with Gasteiger partial charge in [-0.05, 0) is 56.4 Å². The van der Waals surface area contributed by atoms with Crippen LogP contribution in [-0.2, 0) is 6.18 Å². The van der Waals surface area contributed by atoms with Crippen LogP contribution in [-0.4, -0.2) is 22.7 Å². The number of aromatic nitrogens is 2. The van der Waals surface area contributed by atoms with Crippen LogP contribution >= 0.6 is 0 Å². The molecule has 3 rings (SSSR count). The van der Waals surface area contributed by atoms with Crippen LogP contribution < -0.4 is 14.8 Å². The van der Waals surface area contributed by atoms with Gasteiger partial charge in [0.25, 0.3) is 0 Å². The Kier molecular flexibility index (Phi) is 7.76. The van der Waals surface area contributed by atoms with Crippen LogP contribution in [0.3, 0.4) is 0 Å². The van der Waals surface area contributed by atoms with Crippen molar-refractivity contribution in [2.24, 2.45) is 0 Å². The molecule has 0 amide bonds. The quantitative estimate of drug-likeness (QED) is 0.465. The van der Waals surface area contributed by atoms with Crippen LogP contribution in [0.15, 0.2) is 30.5 Å². The van der Waals surface area contributed by atoms with Gasteiger partial charge in [0.05, 0.1) is 6.61 Å². The normalized spacial score (nSPS) is 15.1. The minimum atomic E-state index is -4.57. The fraction of sp³-hybridized carbons (Fsp3) is 0.545. The Morgan fingerprint density at radius 1 is 1.07 bits per heavy atom. The number of rotatable bonds is 9. The van der Waals surface area contributed by atoms with Gasteiger partial charge in [0, 0.05) is 11.9 Å². The molecule has 1 aliphatic carbocycles. The lowest BCUT2D eigenvalue weighted by atomic mass is 9.98. The van der Waals surface area contributed by atoms with Crippen LogP contribution in [0.4, 0.5) is 24.8 Å². The van der Waals surface area contributed by atoms with Crippen molar-refractivity contribution in [3.63, 3.8) is 0 Å². The number of unbranched alkanes of at least 4 members (excludes halogenated alkanes) is 2. The number of benzene rings is 1. The molecule has 2 aromatic rings. The number of nitrogens with one attached hydrogen (secondary N) is 1. The van der Waals surface area contributed by atoms with E-state index in [9.17, 15) is 13.2 Å². The SMILES string of the molecule is CCCCCOc1ccc(Nc2ncc(C(F)(F)F)c(OC3CCCCC3)n2)cc1. The summed E-state index contributed by atoms with van der Waals surface area (Å²) in [4.78, 5) is 7.86. The maximum atomic E-state index is 13.4. The number of nitrogens with zero attached hydrogens (tertiary/aromatic N) is 2. The molecule has 164 valence electrons. The van der Waals surface area contributed by atoms with Crippen LogP contribution in [0.1, 0.15) is 63.9 Å². The summed E-state index contributed by atoms with van der Waals surface area (Å²) in [5.41, 5.74) is -0.297. The third-order valence-corrected chi connectivity index (χ3v) is 5.02. The molecule has 0 radical (unpaired) electrons. The van der Waals surface area contributed by atoms with Gasteiger partial charge in [0.15, 0.2) is 0 Å². The molecule has 8 heteroatoms. The number of alkyl halides is 3. The lowest BCUT2D eigenvalue weighted by Crippen LogP contribution is -2.22. The monoisotopic (exact) mass is 423 g/mol. The zero-order chi connectivity index (χ0) is 21.4. The molecule has 1 fully saturated rings. The molecule has 0 atom stereocenters. The number of hydrogen-bond donors (Lipinski definition) is 1. The minimum absolute atomic E-state index is 0.0606. The molecule has 1 saturated carbocycles. The lowest BCUT2D eigenvalue weighted by Gasteiger charge is -2.24. The van der Waals surface area contributed by atoms with Crippen molar-refractivity contribution in [1.29, 1.82) is 0 Å². The average Bonchev–Trinajstić information content (AvgIpc) is 2.72. The predicted molar refractivity (Wildman–Crippen MR) is 109 cm³/mol. The van der Waals surface area contributed by atoms with Crippen LogP contribution in [0.5, 0.6) is 11.6 Å². The largest absolute Gasteiger partial charge is 0.494 e. The first-order valence-corrected chi connectivity index (χ1v) is 10.6. The van der Waals surface area contributed by atoms with Crippen LogP contribution in [0, 0.1) is 0 Å². The number of hydrogen-bond acceptors (Lipinski definition) is 5. The first kappa shape index (κ1) is 22.2. The Bertz CT molecular complexity index is 791. The highest BCUT2D eigenvalue weighted by molar-refractivity contribution is 5.55. The second kappa shape index (κ2) is 10.5. The van der Waals surface area contributed by atoms with Crippen molar-refractivity contribution < 1.29 is 22.6 Å². The standard InChI is InChI=1S/C22H28F3N3O2/c1-2-3-7-14-29-17-12-10-16(11-13-17)27-21-26-15-19(22(23,24)25)20(28-21)30-18-8-5-4-6-9-18/h10-13,15,18H,2-9,14H2,1H3,(H,26,27,28). The van der Waals surface area contributed by atoms with E-state index in [0.29, 0.717) is 12.3 Å². The molecule has 0 saturated heterocycles. The van der Waals surface area contributed by atoms with Gasteiger partial charge in [0.1, 0.15) is 17.4 Å². The highest BCUT2D eigenvalue weighted by atomic mass is 19.4. The topological polar surface area (TPSA) is 56.3 Å². The summed E-state index contributed by atoms with van der Waals surface area (Å²) in [6.07, 6.45) is 3.69. The van der Waals surface area contributed by atoms with Gasteiger partial charge in [-0.15, -0.1) is 0 Å². The molecule has 5 nitrogen and oxygen atoms in total. The van der Waals surface area contributed by atoms with Gasteiger partial charge in [-0.3, -0.25) is 0 Å². The summed E-state index contributed by atoms with van der Waals surface area (Å²) in [5.74, 6) is 0.388. The molecule has 1 heterocycles. The van der Waals surface area contributed by atoms with Crippen molar-refractivity contribution in [3.05, 3.63) is 36.0 Å². The van der Waals surface area contributed by atoms with Gasteiger partial charge in [0.2, 0.25) is 11.8 Å². The molecular weight excluding hydrogens is 395 g/mol. The van der Waals surface area contributed by atoms with Crippen molar-refractivity contribution in [2.75, 3.05) is 11.9 Å². The van der Waals surface area contributed by atoms with E-state index in [2.05, 4.69) is 22.2 Å². The summed E-state index contributed by atoms with van der Waals surface area (Å²) >= 11 is 0. The fourth-order valence-corrected chi connectivity index (χ4v) is 3.36. The highest BCUT2D eigenvalue weighted by Crippen LogP contribution is 2.37. The van der Waals surface area contributed by atoms with E-state index in [1.807, 2.05) is 0 Å². The minimum Gasteiger partial charge on any atom is -0.494 e. The molecule has 30 heavy (non-hydrogen) atoms. The molecule has 0 bridgehead atoms. The van der Waals surface area contributed by atoms with E-state index in [1.165, 1.54) is 0 Å². The molecule has 1 aromatic carbocycles. The third kappa shape index (κ3) is 6.50. The van der Waals surface area contributed by atoms with Crippen LogP contribution in [0.2, 0.25) is 0 Å². The molecular formula is C22H28F3N3O2. The summed E-state index contributed by atoms with van der Waals surface area (Å²) in [6, 6.07) is 7.16. The molecule has 0 unspecified atom stereocenters. The van der Waals surface area contributed by atoms with Gasteiger partial charge >= 0.3 is 6.18 Å². The smallest absolute Gasteiger partial charge is 0.423 e. The first-order chi connectivity index (χ1) is 14.5. The predicted octanol–water partition coefficient (Wildman–Crippen LogP) is 6.52. The third-order valence-electron chi connectivity index (χ3n) is 5.02. The summed E-state index contributed by atoms with van der Waals surface area (Å²) < 4.78 is 51.4.